The Labute approximate surface area is 346 Å². The SMILES string of the molecule is c1ccc(-c2ccc(-c3cc4ccccc4c4ccccc34)cc2N(c2cccc(-n3c4ccccc4c4ccccc43)c2)c2cccc3sc4ccccc4c23)cc1. The third kappa shape index (κ3) is 5.40. The summed E-state index contributed by atoms with van der Waals surface area (Å²) < 4.78 is 4.97. The van der Waals surface area contributed by atoms with Crippen LogP contribution in [0.15, 0.2) is 218 Å². The minimum atomic E-state index is 1.09. The van der Waals surface area contributed by atoms with Gasteiger partial charge in [0, 0.05) is 47.9 Å². The van der Waals surface area contributed by atoms with Crippen LogP contribution >= 0.6 is 11.3 Å². The van der Waals surface area contributed by atoms with Crippen molar-refractivity contribution in [3.05, 3.63) is 218 Å². The van der Waals surface area contributed by atoms with Gasteiger partial charge in [0.15, 0.2) is 0 Å². The molecular weight excluding hydrogens is 733 g/mol. The Balaban J connectivity index is 1.18. The third-order valence-corrected chi connectivity index (χ3v) is 13.1. The summed E-state index contributed by atoms with van der Waals surface area (Å²) in [6.07, 6.45) is 0. The highest BCUT2D eigenvalue weighted by molar-refractivity contribution is 7.26. The van der Waals surface area contributed by atoms with E-state index in [4.69, 9.17) is 0 Å². The molecule has 0 spiro atoms. The summed E-state index contributed by atoms with van der Waals surface area (Å²) >= 11 is 1.86. The van der Waals surface area contributed by atoms with Gasteiger partial charge >= 0.3 is 0 Å². The normalized spacial score (nSPS) is 11.7. The Bertz CT molecular complexity index is 3520. The van der Waals surface area contributed by atoms with Crippen molar-refractivity contribution in [1.29, 1.82) is 0 Å². The van der Waals surface area contributed by atoms with Crippen molar-refractivity contribution < 1.29 is 0 Å². The van der Waals surface area contributed by atoms with E-state index in [1.807, 2.05) is 11.3 Å². The molecule has 0 unspecified atom stereocenters. The molecule has 59 heavy (non-hydrogen) atoms. The molecule has 3 heteroatoms. The number of para-hydroxylation sites is 2. The molecule has 0 radical (unpaired) electrons. The van der Waals surface area contributed by atoms with Crippen LogP contribution in [0.25, 0.3) is 91.5 Å². The minimum absolute atomic E-state index is 1.09. The monoisotopic (exact) mass is 768 g/mol. The summed E-state index contributed by atoms with van der Waals surface area (Å²) in [5.74, 6) is 0. The first kappa shape index (κ1) is 33.7. The maximum atomic E-state index is 2.52. The van der Waals surface area contributed by atoms with Crippen molar-refractivity contribution in [3.63, 3.8) is 0 Å². The van der Waals surface area contributed by atoms with Gasteiger partial charge in [0.2, 0.25) is 0 Å². The first-order chi connectivity index (χ1) is 29.3. The quantitative estimate of drug-likeness (QED) is 0.153. The predicted molar refractivity (Wildman–Crippen MR) is 254 cm³/mol. The van der Waals surface area contributed by atoms with Gasteiger partial charge in [-0.05, 0) is 98.9 Å². The molecule has 0 aliphatic carbocycles. The second-order valence-electron chi connectivity index (χ2n) is 15.3. The van der Waals surface area contributed by atoms with Gasteiger partial charge in [-0.2, -0.15) is 0 Å². The second-order valence-corrected chi connectivity index (χ2v) is 16.3. The van der Waals surface area contributed by atoms with Crippen LogP contribution in [0.5, 0.6) is 0 Å². The van der Waals surface area contributed by atoms with Crippen LogP contribution in [0.1, 0.15) is 0 Å². The molecule has 0 bridgehead atoms. The Hall–Kier alpha value is -7.46. The Morgan fingerprint density at radius 2 is 0.983 bits per heavy atom. The first-order valence-corrected chi connectivity index (χ1v) is 21.0. The molecule has 0 amide bonds. The smallest absolute Gasteiger partial charge is 0.0555 e. The van der Waals surface area contributed by atoms with Crippen LogP contribution in [0.4, 0.5) is 17.1 Å². The summed E-state index contributed by atoms with van der Waals surface area (Å²) in [4.78, 5) is 2.52. The molecule has 0 atom stereocenters. The van der Waals surface area contributed by atoms with Crippen molar-refractivity contribution in [3.8, 4) is 27.9 Å². The van der Waals surface area contributed by atoms with E-state index in [0.717, 1.165) is 22.7 Å². The largest absolute Gasteiger partial charge is 0.309 e. The lowest BCUT2D eigenvalue weighted by Gasteiger charge is -2.30. The molecule has 0 saturated heterocycles. The maximum Gasteiger partial charge on any atom is 0.0555 e. The molecule has 0 aliphatic rings. The molecule has 0 N–H and O–H groups in total. The number of fused-ring (bicyclic) bond motifs is 9. The fourth-order valence-corrected chi connectivity index (χ4v) is 10.5. The molecule has 0 fully saturated rings. The van der Waals surface area contributed by atoms with Gasteiger partial charge in [0.05, 0.1) is 22.4 Å². The Morgan fingerprint density at radius 1 is 0.356 bits per heavy atom. The van der Waals surface area contributed by atoms with Gasteiger partial charge in [-0.3, -0.25) is 0 Å². The van der Waals surface area contributed by atoms with Gasteiger partial charge in [0.25, 0.3) is 0 Å². The highest BCUT2D eigenvalue weighted by Crippen LogP contribution is 2.49. The second kappa shape index (κ2) is 13.6. The van der Waals surface area contributed by atoms with Gasteiger partial charge in [0.1, 0.15) is 0 Å². The summed E-state index contributed by atoms with van der Waals surface area (Å²) in [7, 11) is 0. The number of hydrogen-bond acceptors (Lipinski definition) is 2. The number of anilines is 3. The van der Waals surface area contributed by atoms with E-state index in [0.29, 0.717) is 0 Å². The van der Waals surface area contributed by atoms with Crippen molar-refractivity contribution in [2.24, 2.45) is 0 Å². The van der Waals surface area contributed by atoms with Crippen LogP contribution in [0.3, 0.4) is 0 Å². The van der Waals surface area contributed by atoms with E-state index in [-0.39, 0.29) is 0 Å². The molecular formula is C56H36N2S. The Morgan fingerprint density at radius 3 is 1.78 bits per heavy atom. The molecule has 2 aromatic heterocycles. The van der Waals surface area contributed by atoms with Gasteiger partial charge < -0.3 is 9.47 Å². The number of rotatable bonds is 6. The minimum Gasteiger partial charge on any atom is -0.309 e. The molecule has 0 saturated carbocycles. The fraction of sp³-hybridized carbons (Fsp3) is 0. The number of benzene rings is 10. The number of hydrogen-bond donors (Lipinski definition) is 0. The van der Waals surface area contributed by atoms with Crippen LogP contribution in [-0.4, -0.2) is 4.57 Å². The molecule has 12 rings (SSSR count). The zero-order valence-electron chi connectivity index (χ0n) is 32.1. The zero-order chi connectivity index (χ0) is 38.9. The topological polar surface area (TPSA) is 8.17 Å². The molecule has 2 nitrogen and oxygen atoms in total. The van der Waals surface area contributed by atoms with Crippen molar-refractivity contribution in [2.45, 2.75) is 0 Å². The van der Waals surface area contributed by atoms with Crippen molar-refractivity contribution >= 4 is 91.9 Å². The van der Waals surface area contributed by atoms with E-state index in [2.05, 4.69) is 228 Å². The molecule has 276 valence electrons. The average molecular weight is 769 g/mol. The summed E-state index contributed by atoms with van der Waals surface area (Å²) in [6.45, 7) is 0. The molecule has 10 aromatic carbocycles. The number of thiophene rings is 1. The van der Waals surface area contributed by atoms with E-state index in [9.17, 15) is 0 Å². The zero-order valence-corrected chi connectivity index (χ0v) is 32.9. The van der Waals surface area contributed by atoms with Gasteiger partial charge in [-0.25, -0.2) is 0 Å². The van der Waals surface area contributed by atoms with Crippen LogP contribution < -0.4 is 4.90 Å². The van der Waals surface area contributed by atoms with Crippen molar-refractivity contribution in [1.82, 2.24) is 4.57 Å². The summed E-state index contributed by atoms with van der Waals surface area (Å²) in [6, 6.07) is 80.2. The van der Waals surface area contributed by atoms with Crippen molar-refractivity contribution in [2.75, 3.05) is 4.90 Å². The van der Waals surface area contributed by atoms with E-state index in [1.165, 1.54) is 85.8 Å². The summed E-state index contributed by atoms with van der Waals surface area (Å²) in [5, 5.41) is 10.0. The van der Waals surface area contributed by atoms with Crippen LogP contribution in [0.2, 0.25) is 0 Å². The standard InChI is InChI=1S/C56H36N2S/c1-2-16-37(17-3-1)43-33-32-39(49-34-38-18-4-5-21-42(38)44-22-6-7-23-45(44)49)35-53(43)58(52-29-15-31-55-56(52)48-26-10-13-30-54(48)59-55)41-20-14-19-40(36-41)57-50-27-11-8-24-46(50)47-25-9-12-28-51(47)57/h1-36H. The lowest BCUT2D eigenvalue weighted by Crippen LogP contribution is -2.12. The fourth-order valence-electron chi connectivity index (χ4n) is 9.36. The lowest BCUT2D eigenvalue weighted by atomic mass is 9.91. The van der Waals surface area contributed by atoms with E-state index < -0.39 is 0 Å². The number of nitrogens with zero attached hydrogens (tertiary/aromatic N) is 2. The van der Waals surface area contributed by atoms with Gasteiger partial charge in [-0.15, -0.1) is 11.3 Å². The van der Waals surface area contributed by atoms with Gasteiger partial charge in [-0.1, -0.05) is 158 Å². The molecule has 12 aromatic rings. The summed E-state index contributed by atoms with van der Waals surface area (Å²) in [5.41, 5.74) is 11.6. The maximum absolute atomic E-state index is 2.52. The Kier molecular flexibility index (Phi) is 7.75. The predicted octanol–water partition coefficient (Wildman–Crippen LogP) is 16.3. The first-order valence-electron chi connectivity index (χ1n) is 20.2. The molecule has 2 heterocycles. The lowest BCUT2D eigenvalue weighted by molar-refractivity contribution is 1.17. The molecule has 0 aliphatic heterocycles. The number of aromatic nitrogens is 1. The van der Waals surface area contributed by atoms with E-state index >= 15 is 0 Å². The van der Waals surface area contributed by atoms with E-state index in [1.54, 1.807) is 0 Å². The third-order valence-electron chi connectivity index (χ3n) is 12.0. The highest BCUT2D eigenvalue weighted by Gasteiger charge is 2.24. The average Bonchev–Trinajstić information content (AvgIpc) is 3.86. The highest BCUT2D eigenvalue weighted by atomic mass is 32.1. The van der Waals surface area contributed by atoms with Crippen LogP contribution in [-0.2, 0) is 0 Å². The van der Waals surface area contributed by atoms with Crippen LogP contribution in [0, 0.1) is 0 Å².